The van der Waals surface area contributed by atoms with Crippen LogP contribution < -0.4 is 16.4 Å². The Labute approximate surface area is 144 Å². The van der Waals surface area contributed by atoms with Gasteiger partial charge in [-0.1, -0.05) is 30.3 Å². The Morgan fingerprint density at radius 1 is 1.08 bits per heavy atom. The van der Waals surface area contributed by atoms with Crippen molar-refractivity contribution in [3.05, 3.63) is 35.9 Å². The highest BCUT2D eigenvalue weighted by molar-refractivity contribution is 7.80. The monoisotopic (exact) mass is 355 g/mol. The lowest BCUT2D eigenvalue weighted by Gasteiger charge is -2.20. The summed E-state index contributed by atoms with van der Waals surface area (Å²) in [4.78, 5) is 34.9. The van der Waals surface area contributed by atoms with Crippen molar-refractivity contribution in [1.82, 2.24) is 10.6 Å². The number of nitrogens with two attached hydrogens (primary N) is 1. The van der Waals surface area contributed by atoms with Crippen molar-refractivity contribution in [2.75, 3.05) is 12.4 Å². The molecule has 1 rings (SSSR count). The van der Waals surface area contributed by atoms with Gasteiger partial charge in [-0.25, -0.2) is 4.79 Å². The van der Waals surface area contributed by atoms with E-state index in [2.05, 4.69) is 23.3 Å². The molecule has 1 aromatic carbocycles. The highest BCUT2D eigenvalue weighted by Gasteiger charge is 2.26. The molecule has 3 unspecified atom stereocenters. The van der Waals surface area contributed by atoms with E-state index in [1.807, 2.05) is 30.3 Å². The van der Waals surface area contributed by atoms with Gasteiger partial charge < -0.3 is 26.6 Å². The Morgan fingerprint density at radius 3 is 2.17 bits per heavy atom. The first kappa shape index (κ1) is 19.9. The van der Waals surface area contributed by atoms with Crippen molar-refractivity contribution >= 4 is 30.4 Å². The lowest BCUT2D eigenvalue weighted by molar-refractivity contribution is -0.141. The SMILES string of the molecule is NC(Cc1ccccc1)C(=O)NC(CO)C(=O)NC(CS)C(=O)O. The zero-order chi connectivity index (χ0) is 18.1. The second-order valence-corrected chi connectivity index (χ2v) is 5.49. The van der Waals surface area contributed by atoms with Crippen LogP contribution in [0.3, 0.4) is 0 Å². The molecule has 0 aliphatic heterocycles. The zero-order valence-corrected chi connectivity index (χ0v) is 13.8. The summed E-state index contributed by atoms with van der Waals surface area (Å²) in [6, 6.07) is 5.67. The molecule has 0 fully saturated rings. The molecule has 3 atom stereocenters. The molecule has 9 heteroatoms. The number of hydrogen-bond donors (Lipinski definition) is 6. The summed E-state index contributed by atoms with van der Waals surface area (Å²) in [5.74, 6) is -2.83. The van der Waals surface area contributed by atoms with Gasteiger partial charge >= 0.3 is 5.97 Å². The standard InChI is InChI=1S/C15H21N3O5S/c16-10(6-9-4-2-1-3-5-9)13(20)17-11(7-19)14(21)18-12(8-24)15(22)23/h1-5,10-12,19,24H,6-8,16H2,(H,17,20)(H,18,21)(H,22,23). The summed E-state index contributed by atoms with van der Waals surface area (Å²) >= 11 is 3.82. The minimum Gasteiger partial charge on any atom is -0.480 e. The first-order chi connectivity index (χ1) is 11.4. The molecule has 0 spiro atoms. The van der Waals surface area contributed by atoms with Crippen LogP contribution in [0.5, 0.6) is 0 Å². The topological polar surface area (TPSA) is 142 Å². The quantitative estimate of drug-likeness (QED) is 0.299. The van der Waals surface area contributed by atoms with Crippen molar-refractivity contribution in [3.8, 4) is 0 Å². The molecule has 2 amide bonds. The Morgan fingerprint density at radius 2 is 1.67 bits per heavy atom. The zero-order valence-electron chi connectivity index (χ0n) is 12.9. The third kappa shape index (κ3) is 6.19. The first-order valence-electron chi connectivity index (χ1n) is 7.23. The Kier molecular flexibility index (Phi) is 8.24. The number of amides is 2. The van der Waals surface area contributed by atoms with Crippen LogP contribution in [0.15, 0.2) is 30.3 Å². The van der Waals surface area contributed by atoms with Gasteiger partial charge in [0, 0.05) is 5.75 Å². The summed E-state index contributed by atoms with van der Waals surface area (Å²) in [6.45, 7) is -0.686. The summed E-state index contributed by atoms with van der Waals surface area (Å²) in [7, 11) is 0. The molecule has 8 nitrogen and oxygen atoms in total. The molecule has 1 aromatic rings. The van der Waals surface area contributed by atoms with Gasteiger partial charge in [-0.3, -0.25) is 9.59 Å². The predicted octanol–water partition coefficient (Wildman–Crippen LogP) is -1.47. The molecule has 0 heterocycles. The second-order valence-electron chi connectivity index (χ2n) is 5.12. The van der Waals surface area contributed by atoms with E-state index < -0.39 is 42.5 Å². The van der Waals surface area contributed by atoms with Crippen LogP contribution in [-0.4, -0.2) is 58.5 Å². The van der Waals surface area contributed by atoms with Gasteiger partial charge in [0.1, 0.15) is 12.1 Å². The normalized spacial score (nSPS) is 14.3. The molecule has 24 heavy (non-hydrogen) atoms. The van der Waals surface area contributed by atoms with Crippen LogP contribution in [0.25, 0.3) is 0 Å². The van der Waals surface area contributed by atoms with Gasteiger partial charge in [0.05, 0.1) is 12.6 Å². The maximum absolute atomic E-state index is 12.1. The molecule has 132 valence electrons. The van der Waals surface area contributed by atoms with Crippen LogP contribution in [0.2, 0.25) is 0 Å². The lowest BCUT2D eigenvalue weighted by atomic mass is 10.1. The Bertz CT molecular complexity index is 569. The number of hydrogen-bond acceptors (Lipinski definition) is 6. The lowest BCUT2D eigenvalue weighted by Crippen LogP contribution is -2.56. The average Bonchev–Trinajstić information content (AvgIpc) is 2.57. The van der Waals surface area contributed by atoms with Crippen molar-refractivity contribution in [2.24, 2.45) is 5.73 Å². The molecule has 0 radical (unpaired) electrons. The number of aliphatic hydroxyl groups is 1. The number of aliphatic carboxylic acids is 1. The Hall–Kier alpha value is -2.10. The van der Waals surface area contributed by atoms with Crippen LogP contribution in [0.1, 0.15) is 5.56 Å². The molecule has 0 bridgehead atoms. The molecule has 0 saturated heterocycles. The number of thiol groups is 1. The van der Waals surface area contributed by atoms with E-state index in [0.717, 1.165) is 5.56 Å². The molecule has 0 aliphatic rings. The minimum atomic E-state index is -1.29. The van der Waals surface area contributed by atoms with E-state index in [1.54, 1.807) is 0 Å². The fraction of sp³-hybridized carbons (Fsp3) is 0.400. The van der Waals surface area contributed by atoms with E-state index in [4.69, 9.17) is 10.8 Å². The number of carboxylic acids is 1. The summed E-state index contributed by atoms with van der Waals surface area (Å²) in [5.41, 5.74) is 6.65. The largest absolute Gasteiger partial charge is 0.480 e. The number of rotatable bonds is 9. The van der Waals surface area contributed by atoms with Gasteiger partial charge in [0.2, 0.25) is 11.8 Å². The number of benzene rings is 1. The minimum absolute atomic E-state index is 0.124. The van der Waals surface area contributed by atoms with Crippen molar-refractivity contribution in [2.45, 2.75) is 24.5 Å². The van der Waals surface area contributed by atoms with E-state index in [0.29, 0.717) is 0 Å². The predicted molar refractivity (Wildman–Crippen MR) is 90.6 cm³/mol. The van der Waals surface area contributed by atoms with Crippen LogP contribution >= 0.6 is 12.6 Å². The van der Waals surface area contributed by atoms with Gasteiger partial charge in [-0.2, -0.15) is 12.6 Å². The van der Waals surface area contributed by atoms with E-state index in [1.165, 1.54) is 0 Å². The van der Waals surface area contributed by atoms with Crippen LogP contribution in [-0.2, 0) is 20.8 Å². The number of aliphatic hydroxyl groups excluding tert-OH is 1. The molecule has 0 saturated carbocycles. The third-order valence-corrected chi connectivity index (χ3v) is 3.61. The Balaban J connectivity index is 2.61. The third-order valence-electron chi connectivity index (χ3n) is 3.25. The maximum atomic E-state index is 12.1. The van der Waals surface area contributed by atoms with Gasteiger partial charge in [-0.15, -0.1) is 0 Å². The summed E-state index contributed by atoms with van der Waals surface area (Å²) < 4.78 is 0. The van der Waals surface area contributed by atoms with Crippen molar-refractivity contribution < 1.29 is 24.6 Å². The highest BCUT2D eigenvalue weighted by atomic mass is 32.1. The fourth-order valence-electron chi connectivity index (χ4n) is 1.89. The average molecular weight is 355 g/mol. The van der Waals surface area contributed by atoms with Gasteiger partial charge in [-0.05, 0) is 12.0 Å². The molecular weight excluding hydrogens is 334 g/mol. The van der Waals surface area contributed by atoms with Crippen molar-refractivity contribution in [1.29, 1.82) is 0 Å². The molecule has 0 aliphatic carbocycles. The van der Waals surface area contributed by atoms with Crippen LogP contribution in [0.4, 0.5) is 0 Å². The van der Waals surface area contributed by atoms with E-state index in [9.17, 15) is 19.5 Å². The van der Waals surface area contributed by atoms with Crippen LogP contribution in [0, 0.1) is 0 Å². The number of carboxylic acid groups (broad SMARTS) is 1. The molecular formula is C15H21N3O5S. The first-order valence-corrected chi connectivity index (χ1v) is 7.87. The summed E-state index contributed by atoms with van der Waals surface area (Å²) in [5, 5.41) is 22.6. The fourth-order valence-corrected chi connectivity index (χ4v) is 2.14. The molecule has 6 N–H and O–H groups in total. The number of nitrogens with one attached hydrogen (secondary N) is 2. The number of carbonyl (C=O) groups is 3. The smallest absolute Gasteiger partial charge is 0.327 e. The number of carbonyl (C=O) groups excluding carboxylic acids is 2. The highest BCUT2D eigenvalue weighted by Crippen LogP contribution is 2.02. The van der Waals surface area contributed by atoms with Gasteiger partial charge in [0.15, 0.2) is 0 Å². The van der Waals surface area contributed by atoms with Crippen molar-refractivity contribution in [3.63, 3.8) is 0 Å². The maximum Gasteiger partial charge on any atom is 0.327 e. The van der Waals surface area contributed by atoms with E-state index in [-0.39, 0.29) is 12.2 Å². The second kappa shape index (κ2) is 9.91. The van der Waals surface area contributed by atoms with E-state index >= 15 is 0 Å². The van der Waals surface area contributed by atoms with Gasteiger partial charge in [0.25, 0.3) is 0 Å². The summed E-state index contributed by atoms with van der Waals surface area (Å²) in [6.07, 6.45) is 0.265. The molecule has 0 aromatic heterocycles.